The topological polar surface area (TPSA) is 38.3 Å². The van der Waals surface area contributed by atoms with Crippen LogP contribution >= 0.6 is 0 Å². The fraction of sp³-hybridized carbons (Fsp3) is 0.235. The van der Waals surface area contributed by atoms with Crippen molar-refractivity contribution in [2.75, 3.05) is 7.11 Å². The molecule has 0 atom stereocenters. The van der Waals surface area contributed by atoms with Crippen LogP contribution in [0.2, 0.25) is 0 Å². The Labute approximate surface area is 127 Å². The van der Waals surface area contributed by atoms with Gasteiger partial charge in [-0.05, 0) is 41.8 Å². The van der Waals surface area contributed by atoms with E-state index in [0.717, 1.165) is 23.4 Å². The van der Waals surface area contributed by atoms with E-state index in [4.69, 9.17) is 4.74 Å². The number of hydrogen-bond acceptors (Lipinski definition) is 2. The molecule has 3 nitrogen and oxygen atoms in total. The molecule has 1 amide bonds. The van der Waals surface area contributed by atoms with Gasteiger partial charge in [0.05, 0.1) is 7.11 Å². The monoisotopic (exact) mass is 305 g/mol. The molecule has 0 aliphatic rings. The summed E-state index contributed by atoms with van der Waals surface area (Å²) in [4.78, 5) is 11.8. The number of rotatable bonds is 6. The van der Waals surface area contributed by atoms with Gasteiger partial charge in [0, 0.05) is 13.0 Å². The maximum atomic E-state index is 13.0. The van der Waals surface area contributed by atoms with E-state index in [9.17, 15) is 13.6 Å². The highest BCUT2D eigenvalue weighted by molar-refractivity contribution is 5.76. The van der Waals surface area contributed by atoms with Gasteiger partial charge in [-0.25, -0.2) is 8.78 Å². The predicted molar refractivity (Wildman–Crippen MR) is 79.5 cm³/mol. The van der Waals surface area contributed by atoms with Gasteiger partial charge in [-0.1, -0.05) is 18.2 Å². The second kappa shape index (κ2) is 7.54. The van der Waals surface area contributed by atoms with Crippen LogP contribution in [-0.2, 0) is 17.8 Å². The molecule has 0 aromatic heterocycles. The molecule has 116 valence electrons. The second-order valence-electron chi connectivity index (χ2n) is 4.87. The number of methoxy groups -OCH3 is 1. The molecular formula is C17H17F2NO2. The van der Waals surface area contributed by atoms with Gasteiger partial charge < -0.3 is 10.1 Å². The molecule has 0 fully saturated rings. The van der Waals surface area contributed by atoms with E-state index in [1.807, 2.05) is 24.3 Å². The number of benzene rings is 2. The van der Waals surface area contributed by atoms with Gasteiger partial charge in [0.15, 0.2) is 11.6 Å². The lowest BCUT2D eigenvalue weighted by Gasteiger charge is -2.06. The number of amides is 1. The van der Waals surface area contributed by atoms with Crippen molar-refractivity contribution >= 4 is 5.91 Å². The highest BCUT2D eigenvalue weighted by Crippen LogP contribution is 2.12. The van der Waals surface area contributed by atoms with Crippen molar-refractivity contribution < 1.29 is 18.3 Å². The highest BCUT2D eigenvalue weighted by Gasteiger charge is 2.05. The first kappa shape index (κ1) is 15.9. The van der Waals surface area contributed by atoms with Gasteiger partial charge in [0.2, 0.25) is 5.91 Å². The summed E-state index contributed by atoms with van der Waals surface area (Å²) in [5, 5.41) is 2.69. The number of nitrogens with one attached hydrogen (secondary N) is 1. The Bertz CT molecular complexity index is 642. The summed E-state index contributed by atoms with van der Waals surface area (Å²) in [7, 11) is 1.60. The molecule has 0 saturated heterocycles. The fourth-order valence-corrected chi connectivity index (χ4v) is 1.99. The molecule has 0 spiro atoms. The molecule has 0 heterocycles. The number of carbonyl (C=O) groups excluding carboxylic acids is 1. The highest BCUT2D eigenvalue weighted by atomic mass is 19.2. The lowest BCUT2D eigenvalue weighted by Crippen LogP contribution is -2.23. The van der Waals surface area contributed by atoms with E-state index < -0.39 is 11.6 Å². The largest absolute Gasteiger partial charge is 0.497 e. The van der Waals surface area contributed by atoms with E-state index in [1.165, 1.54) is 6.07 Å². The first-order valence-electron chi connectivity index (χ1n) is 6.92. The Morgan fingerprint density at radius 1 is 1.05 bits per heavy atom. The zero-order valence-corrected chi connectivity index (χ0v) is 12.2. The third-order valence-electron chi connectivity index (χ3n) is 3.27. The molecule has 0 unspecified atom stereocenters. The minimum absolute atomic E-state index is 0.138. The molecule has 5 heteroatoms. The molecule has 2 aromatic carbocycles. The molecular weight excluding hydrogens is 288 g/mol. The van der Waals surface area contributed by atoms with Crippen molar-refractivity contribution in [3.8, 4) is 5.75 Å². The minimum atomic E-state index is -0.912. The van der Waals surface area contributed by atoms with Crippen LogP contribution in [0.3, 0.4) is 0 Å². The first-order valence-corrected chi connectivity index (χ1v) is 6.92. The molecule has 22 heavy (non-hydrogen) atoms. The number of halogens is 2. The average Bonchev–Trinajstić information content (AvgIpc) is 2.54. The smallest absolute Gasteiger partial charge is 0.220 e. The van der Waals surface area contributed by atoms with Gasteiger partial charge in [-0.15, -0.1) is 0 Å². The van der Waals surface area contributed by atoms with Crippen LogP contribution in [0.15, 0.2) is 42.5 Å². The zero-order chi connectivity index (χ0) is 15.9. The normalized spacial score (nSPS) is 10.3. The van der Waals surface area contributed by atoms with Gasteiger partial charge in [-0.3, -0.25) is 4.79 Å². The number of aryl methyl sites for hydroxylation is 1. The van der Waals surface area contributed by atoms with Crippen molar-refractivity contribution in [2.45, 2.75) is 19.4 Å². The quantitative estimate of drug-likeness (QED) is 0.890. The lowest BCUT2D eigenvalue weighted by atomic mass is 10.1. The van der Waals surface area contributed by atoms with Crippen LogP contribution < -0.4 is 10.1 Å². The van der Waals surface area contributed by atoms with Gasteiger partial charge in [0.25, 0.3) is 0 Å². The average molecular weight is 305 g/mol. The lowest BCUT2D eigenvalue weighted by molar-refractivity contribution is -0.121. The van der Waals surface area contributed by atoms with E-state index in [0.29, 0.717) is 18.4 Å². The van der Waals surface area contributed by atoms with Crippen LogP contribution in [0.1, 0.15) is 17.5 Å². The number of ether oxygens (including phenoxy) is 1. The summed E-state index contributed by atoms with van der Waals surface area (Å²) >= 11 is 0. The molecule has 1 N–H and O–H groups in total. The maximum absolute atomic E-state index is 13.0. The van der Waals surface area contributed by atoms with Gasteiger partial charge in [-0.2, -0.15) is 0 Å². The zero-order valence-electron chi connectivity index (χ0n) is 12.2. The SMILES string of the molecule is COc1ccc(CCC(=O)NCc2ccc(F)c(F)c2)cc1. The van der Waals surface area contributed by atoms with E-state index in [2.05, 4.69) is 5.32 Å². The Morgan fingerprint density at radius 3 is 2.36 bits per heavy atom. The second-order valence-corrected chi connectivity index (χ2v) is 4.87. The summed E-state index contributed by atoms with van der Waals surface area (Å²) in [5.41, 5.74) is 1.56. The Hall–Kier alpha value is -2.43. The molecule has 2 rings (SSSR count). The summed E-state index contributed by atoms with van der Waals surface area (Å²) in [6.45, 7) is 0.179. The summed E-state index contributed by atoms with van der Waals surface area (Å²) < 4.78 is 30.9. The molecule has 2 aromatic rings. The molecule has 0 bridgehead atoms. The van der Waals surface area contributed by atoms with E-state index in [1.54, 1.807) is 7.11 Å². The standard InChI is InChI=1S/C17H17F2NO2/c1-22-14-6-2-12(3-7-14)5-9-17(21)20-11-13-4-8-15(18)16(19)10-13/h2-4,6-8,10H,5,9,11H2,1H3,(H,20,21). The van der Waals surface area contributed by atoms with Crippen LogP contribution in [0.4, 0.5) is 8.78 Å². The minimum Gasteiger partial charge on any atom is -0.497 e. The predicted octanol–water partition coefficient (Wildman–Crippen LogP) is 3.22. The third kappa shape index (κ3) is 4.55. The van der Waals surface area contributed by atoms with Crippen molar-refractivity contribution in [1.29, 1.82) is 0 Å². The summed E-state index contributed by atoms with van der Waals surface area (Å²) in [6.07, 6.45) is 0.934. The molecule has 0 saturated carbocycles. The number of carbonyl (C=O) groups is 1. The number of hydrogen-bond donors (Lipinski definition) is 1. The van der Waals surface area contributed by atoms with E-state index >= 15 is 0 Å². The van der Waals surface area contributed by atoms with Crippen molar-refractivity contribution in [3.05, 3.63) is 65.2 Å². The Morgan fingerprint density at radius 2 is 1.73 bits per heavy atom. The van der Waals surface area contributed by atoms with Crippen molar-refractivity contribution in [3.63, 3.8) is 0 Å². The third-order valence-corrected chi connectivity index (χ3v) is 3.27. The Kier molecular flexibility index (Phi) is 5.47. The molecule has 0 radical (unpaired) electrons. The van der Waals surface area contributed by atoms with Crippen molar-refractivity contribution in [2.24, 2.45) is 0 Å². The van der Waals surface area contributed by atoms with Crippen LogP contribution in [0.25, 0.3) is 0 Å². The molecule has 0 aliphatic carbocycles. The van der Waals surface area contributed by atoms with Crippen LogP contribution in [0, 0.1) is 11.6 Å². The van der Waals surface area contributed by atoms with Crippen LogP contribution in [-0.4, -0.2) is 13.0 Å². The first-order chi connectivity index (χ1) is 10.6. The summed E-state index contributed by atoms with van der Waals surface area (Å²) in [6, 6.07) is 11.1. The van der Waals surface area contributed by atoms with E-state index in [-0.39, 0.29) is 12.5 Å². The molecule has 0 aliphatic heterocycles. The maximum Gasteiger partial charge on any atom is 0.220 e. The summed E-state index contributed by atoms with van der Waals surface area (Å²) in [5.74, 6) is -1.17. The van der Waals surface area contributed by atoms with Gasteiger partial charge >= 0.3 is 0 Å². The van der Waals surface area contributed by atoms with Gasteiger partial charge in [0.1, 0.15) is 5.75 Å². The van der Waals surface area contributed by atoms with Crippen molar-refractivity contribution in [1.82, 2.24) is 5.32 Å². The fourth-order valence-electron chi connectivity index (χ4n) is 1.99. The van der Waals surface area contributed by atoms with Crippen LogP contribution in [0.5, 0.6) is 5.75 Å². The Balaban J connectivity index is 1.78.